The maximum atomic E-state index is 11.1. The number of rotatable bonds is 4. The van der Waals surface area contributed by atoms with Gasteiger partial charge in [-0.3, -0.25) is 4.79 Å². The topological polar surface area (TPSA) is 132 Å². The first-order valence-electron chi connectivity index (χ1n) is 8.12. The summed E-state index contributed by atoms with van der Waals surface area (Å²) in [6, 6.07) is 3.51. The van der Waals surface area contributed by atoms with Gasteiger partial charge in [0, 0.05) is 24.8 Å². The zero-order valence-corrected chi connectivity index (χ0v) is 13.9. The van der Waals surface area contributed by atoms with Crippen molar-refractivity contribution in [3.63, 3.8) is 0 Å². The van der Waals surface area contributed by atoms with Crippen molar-refractivity contribution >= 4 is 28.8 Å². The summed E-state index contributed by atoms with van der Waals surface area (Å²) in [7, 11) is 0. The van der Waals surface area contributed by atoms with Crippen molar-refractivity contribution in [2.45, 2.75) is 6.54 Å². The third-order valence-electron chi connectivity index (χ3n) is 4.12. The highest BCUT2D eigenvalue weighted by atomic mass is 16.5. The van der Waals surface area contributed by atoms with Crippen LogP contribution in [-0.2, 0) is 16.1 Å². The molecule has 0 spiro atoms. The van der Waals surface area contributed by atoms with E-state index in [9.17, 15) is 4.79 Å². The summed E-state index contributed by atoms with van der Waals surface area (Å²) in [5.41, 5.74) is 7.54. The van der Waals surface area contributed by atoms with Gasteiger partial charge in [0.25, 0.3) is 0 Å². The number of hydrogen-bond donors (Lipinski definition) is 2. The van der Waals surface area contributed by atoms with E-state index in [2.05, 4.69) is 15.1 Å². The molecule has 1 saturated heterocycles. The van der Waals surface area contributed by atoms with E-state index in [1.165, 1.54) is 4.68 Å². The number of anilines is 2. The highest BCUT2D eigenvalue weighted by Gasteiger charge is 2.20. The second-order valence-corrected chi connectivity index (χ2v) is 5.88. The Kier molecular flexibility index (Phi) is 4.09. The molecule has 0 amide bonds. The average Bonchev–Trinajstić information content (AvgIpc) is 3.05. The predicted molar refractivity (Wildman–Crippen MR) is 93.6 cm³/mol. The largest absolute Gasteiger partial charge is 0.480 e. The number of carboxylic acids is 1. The van der Waals surface area contributed by atoms with Crippen molar-refractivity contribution in [3.05, 3.63) is 24.5 Å². The number of carbonyl (C=O) groups is 1. The van der Waals surface area contributed by atoms with Gasteiger partial charge >= 0.3 is 5.97 Å². The Labute approximate surface area is 148 Å². The van der Waals surface area contributed by atoms with E-state index in [1.807, 2.05) is 11.0 Å². The summed E-state index contributed by atoms with van der Waals surface area (Å²) in [5, 5.41) is 14.0. The molecule has 0 aliphatic carbocycles. The minimum atomic E-state index is -0.989. The number of nitrogen functional groups attached to an aromatic ring is 1. The lowest BCUT2D eigenvalue weighted by molar-refractivity contribution is -0.137. The van der Waals surface area contributed by atoms with Crippen LogP contribution in [0, 0.1) is 0 Å². The van der Waals surface area contributed by atoms with E-state index < -0.39 is 5.97 Å². The molecular formula is C16H17N7O3. The van der Waals surface area contributed by atoms with Crippen molar-refractivity contribution < 1.29 is 14.6 Å². The Morgan fingerprint density at radius 2 is 2.04 bits per heavy atom. The standard InChI is InChI=1S/C16H17N7O3/c17-12-2-1-10(7-18-12)14-11-8-19-23(9-13(24)25)15(11)21-16(20-14)22-3-5-26-6-4-22/h1-2,7-8H,3-6,9H2,(H2,17,18)(H,24,25). The quantitative estimate of drug-likeness (QED) is 0.682. The lowest BCUT2D eigenvalue weighted by Crippen LogP contribution is -2.37. The number of aliphatic carboxylic acids is 1. The molecule has 0 atom stereocenters. The molecule has 26 heavy (non-hydrogen) atoms. The molecular weight excluding hydrogens is 338 g/mol. The molecule has 0 unspecified atom stereocenters. The molecule has 0 saturated carbocycles. The van der Waals surface area contributed by atoms with Crippen molar-refractivity contribution in [2.75, 3.05) is 36.9 Å². The Hall–Kier alpha value is -3.27. The molecule has 0 radical (unpaired) electrons. The van der Waals surface area contributed by atoms with Crippen LogP contribution < -0.4 is 10.6 Å². The second kappa shape index (κ2) is 6.56. The van der Waals surface area contributed by atoms with Crippen LogP contribution in [0.2, 0.25) is 0 Å². The zero-order chi connectivity index (χ0) is 18.1. The van der Waals surface area contributed by atoms with Gasteiger partial charge in [-0.1, -0.05) is 0 Å². The smallest absolute Gasteiger partial charge is 0.325 e. The molecule has 1 fully saturated rings. The van der Waals surface area contributed by atoms with Gasteiger partial charge in [-0.15, -0.1) is 0 Å². The molecule has 3 aromatic rings. The molecule has 3 N–H and O–H groups in total. The first-order chi connectivity index (χ1) is 12.6. The normalized spacial score (nSPS) is 14.7. The first kappa shape index (κ1) is 16.2. The van der Waals surface area contributed by atoms with Gasteiger partial charge < -0.3 is 20.5 Å². The number of hydrogen-bond acceptors (Lipinski definition) is 8. The fraction of sp³-hybridized carbons (Fsp3) is 0.312. The van der Waals surface area contributed by atoms with Crippen LogP contribution in [0.15, 0.2) is 24.5 Å². The number of morpholine rings is 1. The van der Waals surface area contributed by atoms with E-state index in [1.54, 1.807) is 18.5 Å². The maximum absolute atomic E-state index is 11.1. The van der Waals surface area contributed by atoms with Crippen LogP contribution in [-0.4, -0.2) is 62.1 Å². The molecule has 134 valence electrons. The van der Waals surface area contributed by atoms with Crippen molar-refractivity contribution in [1.82, 2.24) is 24.7 Å². The Balaban J connectivity index is 1.88. The van der Waals surface area contributed by atoms with Gasteiger partial charge in [0.15, 0.2) is 5.65 Å². The van der Waals surface area contributed by atoms with Crippen molar-refractivity contribution in [2.24, 2.45) is 0 Å². The first-order valence-corrected chi connectivity index (χ1v) is 8.12. The summed E-state index contributed by atoms with van der Waals surface area (Å²) in [4.78, 5) is 26.5. The molecule has 10 nitrogen and oxygen atoms in total. The molecule has 3 aromatic heterocycles. The average molecular weight is 355 g/mol. The number of nitrogens with two attached hydrogens (primary N) is 1. The van der Waals surface area contributed by atoms with E-state index in [4.69, 9.17) is 20.6 Å². The SMILES string of the molecule is Nc1ccc(-c2nc(N3CCOCC3)nc3c2cnn3CC(=O)O)cn1. The minimum absolute atomic E-state index is 0.275. The van der Waals surface area contributed by atoms with Crippen LogP contribution in [0.3, 0.4) is 0 Å². The van der Waals surface area contributed by atoms with E-state index in [0.29, 0.717) is 54.8 Å². The summed E-state index contributed by atoms with van der Waals surface area (Å²) in [6.07, 6.45) is 3.21. The molecule has 4 rings (SSSR count). The Morgan fingerprint density at radius 1 is 1.23 bits per heavy atom. The van der Waals surface area contributed by atoms with E-state index in [-0.39, 0.29) is 6.54 Å². The Bertz CT molecular complexity index is 948. The highest BCUT2D eigenvalue weighted by molar-refractivity contribution is 5.91. The van der Waals surface area contributed by atoms with E-state index in [0.717, 1.165) is 5.56 Å². The van der Waals surface area contributed by atoms with Crippen LogP contribution in [0.5, 0.6) is 0 Å². The number of nitrogens with zero attached hydrogens (tertiary/aromatic N) is 6. The molecule has 0 aromatic carbocycles. The molecule has 1 aliphatic rings. The van der Waals surface area contributed by atoms with Crippen LogP contribution in [0.1, 0.15) is 0 Å². The maximum Gasteiger partial charge on any atom is 0.325 e. The lowest BCUT2D eigenvalue weighted by atomic mass is 10.1. The van der Waals surface area contributed by atoms with Crippen molar-refractivity contribution in [3.8, 4) is 11.3 Å². The number of carboxylic acid groups (broad SMARTS) is 1. The zero-order valence-electron chi connectivity index (χ0n) is 13.9. The molecule has 4 heterocycles. The number of fused-ring (bicyclic) bond motifs is 1. The fourth-order valence-corrected chi connectivity index (χ4v) is 2.86. The Morgan fingerprint density at radius 3 is 2.73 bits per heavy atom. The highest BCUT2D eigenvalue weighted by Crippen LogP contribution is 2.28. The van der Waals surface area contributed by atoms with Crippen LogP contribution >= 0.6 is 0 Å². The van der Waals surface area contributed by atoms with Gasteiger partial charge in [-0.25, -0.2) is 14.6 Å². The lowest BCUT2D eigenvalue weighted by Gasteiger charge is -2.27. The second-order valence-electron chi connectivity index (χ2n) is 5.88. The third-order valence-corrected chi connectivity index (χ3v) is 4.12. The van der Waals surface area contributed by atoms with Gasteiger partial charge in [-0.05, 0) is 12.1 Å². The van der Waals surface area contributed by atoms with Gasteiger partial charge in [0.05, 0.1) is 30.5 Å². The van der Waals surface area contributed by atoms with Gasteiger partial charge in [0.1, 0.15) is 12.4 Å². The summed E-state index contributed by atoms with van der Waals surface area (Å²) in [6.45, 7) is 2.24. The third kappa shape index (κ3) is 3.02. The monoisotopic (exact) mass is 355 g/mol. The molecule has 1 aliphatic heterocycles. The van der Waals surface area contributed by atoms with Crippen LogP contribution in [0.4, 0.5) is 11.8 Å². The van der Waals surface area contributed by atoms with Crippen LogP contribution in [0.25, 0.3) is 22.3 Å². The van der Waals surface area contributed by atoms with E-state index >= 15 is 0 Å². The van der Waals surface area contributed by atoms with Crippen molar-refractivity contribution in [1.29, 1.82) is 0 Å². The van der Waals surface area contributed by atoms with Gasteiger partial charge in [0.2, 0.25) is 5.95 Å². The molecule has 0 bridgehead atoms. The number of aromatic nitrogens is 5. The minimum Gasteiger partial charge on any atom is -0.480 e. The predicted octanol–water partition coefficient (Wildman–Crippen LogP) is 0.392. The number of ether oxygens (including phenoxy) is 1. The summed E-state index contributed by atoms with van der Waals surface area (Å²) < 4.78 is 6.74. The molecule has 10 heteroatoms. The number of pyridine rings is 1. The summed E-state index contributed by atoms with van der Waals surface area (Å²) in [5.74, 6) is -0.0639. The fourth-order valence-electron chi connectivity index (χ4n) is 2.86. The summed E-state index contributed by atoms with van der Waals surface area (Å²) >= 11 is 0. The van der Waals surface area contributed by atoms with Gasteiger partial charge in [-0.2, -0.15) is 10.1 Å².